The third-order valence-electron chi connectivity index (χ3n) is 4.35. The van der Waals surface area contributed by atoms with Crippen molar-refractivity contribution >= 4 is 35.5 Å². The number of phenols is 1. The maximum Gasteiger partial charge on any atom is 0.328 e. The number of phenolic OH excluding ortho intramolecular Hbond substituents is 1. The van der Waals surface area contributed by atoms with E-state index < -0.39 is 0 Å². The largest absolute Gasteiger partial charge is 0.508 e. The number of nitrogens with one attached hydrogen (secondary N) is 1. The molecular formula is C20H25N3O3S2. The van der Waals surface area contributed by atoms with Crippen molar-refractivity contribution in [3.05, 3.63) is 61.8 Å². The van der Waals surface area contributed by atoms with Crippen LogP contribution >= 0.6 is 24.0 Å². The minimum atomic E-state index is -0.182. The number of hydrogen-bond donors (Lipinski definition) is 2. The molecule has 0 aliphatic heterocycles. The lowest BCUT2D eigenvalue weighted by Gasteiger charge is -2.17. The number of thioether (sulfide) groups is 1. The fraction of sp³-hybridized carbons (Fsp3) is 0.350. The number of Topliss-reactive ketones (excluding diaryl/α,β-unsaturated/α-hetero) is 1. The minimum Gasteiger partial charge on any atom is -0.508 e. The van der Waals surface area contributed by atoms with Crippen LogP contribution in [0.25, 0.3) is 0 Å². The van der Waals surface area contributed by atoms with E-state index in [1.165, 1.54) is 33.0 Å². The van der Waals surface area contributed by atoms with Gasteiger partial charge in [0.1, 0.15) is 10.4 Å². The predicted molar refractivity (Wildman–Crippen MR) is 118 cm³/mol. The molecule has 0 atom stereocenters. The van der Waals surface area contributed by atoms with Crippen molar-refractivity contribution in [3.8, 4) is 5.75 Å². The molecule has 0 amide bonds. The second-order valence-corrected chi connectivity index (χ2v) is 7.81. The molecule has 0 aliphatic carbocycles. The fourth-order valence-corrected chi connectivity index (χ4v) is 3.68. The molecule has 0 unspecified atom stereocenters. The number of nitrogens with zero attached hydrogens (tertiary/aromatic N) is 2. The zero-order valence-electron chi connectivity index (χ0n) is 16.5. The summed E-state index contributed by atoms with van der Waals surface area (Å²) >= 11 is 6.82. The van der Waals surface area contributed by atoms with Crippen molar-refractivity contribution in [2.45, 2.75) is 26.7 Å². The Morgan fingerprint density at radius 1 is 1.32 bits per heavy atom. The monoisotopic (exact) mass is 419 g/mol. The Morgan fingerprint density at radius 3 is 2.68 bits per heavy atom. The van der Waals surface area contributed by atoms with Gasteiger partial charge in [-0.05, 0) is 25.5 Å². The van der Waals surface area contributed by atoms with Gasteiger partial charge in [-0.2, -0.15) is 0 Å². The van der Waals surface area contributed by atoms with Gasteiger partial charge in [0, 0.05) is 25.4 Å². The standard InChI is InChI=1S/C20H25N3O3S2/c1-5-6-10-17(28-12-16(25)14-8-7-9-15(24)11-14)21-18-13(2)22(3)20(26)23(4)19(18)27/h7-11,21,24H,5-6,12H2,1-4H3/b17-10-. The van der Waals surface area contributed by atoms with Gasteiger partial charge in [0.05, 0.1) is 16.5 Å². The summed E-state index contributed by atoms with van der Waals surface area (Å²) in [5.41, 5.74) is 1.70. The van der Waals surface area contributed by atoms with Crippen LogP contribution in [0, 0.1) is 11.6 Å². The molecule has 0 aliphatic rings. The Balaban J connectivity index is 2.25. The summed E-state index contributed by atoms with van der Waals surface area (Å²) in [4.78, 5) is 24.6. The molecule has 150 valence electrons. The van der Waals surface area contributed by atoms with Crippen LogP contribution in [0.4, 0.5) is 5.69 Å². The van der Waals surface area contributed by atoms with Crippen LogP contribution in [-0.4, -0.2) is 25.8 Å². The number of aromatic hydroxyl groups is 1. The number of anilines is 1. The molecule has 0 saturated carbocycles. The summed E-state index contributed by atoms with van der Waals surface area (Å²) in [5, 5.41) is 13.7. The molecule has 0 spiro atoms. The smallest absolute Gasteiger partial charge is 0.328 e. The van der Waals surface area contributed by atoms with Crippen LogP contribution in [0.5, 0.6) is 5.75 Å². The van der Waals surface area contributed by atoms with E-state index >= 15 is 0 Å². The SMILES string of the molecule is CCC/C=C(/Nc1c(C)n(C)c(=O)n(C)c1=S)SCC(=O)c1cccc(O)c1. The highest BCUT2D eigenvalue weighted by Gasteiger charge is 2.13. The number of unbranched alkanes of at least 4 members (excludes halogenated alkanes) is 1. The second kappa shape index (κ2) is 9.75. The Labute approximate surface area is 173 Å². The molecule has 28 heavy (non-hydrogen) atoms. The molecule has 8 heteroatoms. The van der Waals surface area contributed by atoms with Gasteiger partial charge >= 0.3 is 5.69 Å². The van der Waals surface area contributed by atoms with E-state index in [9.17, 15) is 14.7 Å². The van der Waals surface area contributed by atoms with Crippen molar-refractivity contribution in [1.82, 2.24) is 9.13 Å². The molecule has 2 rings (SSSR count). The lowest BCUT2D eigenvalue weighted by Crippen LogP contribution is -2.30. The lowest BCUT2D eigenvalue weighted by atomic mass is 10.1. The highest BCUT2D eigenvalue weighted by atomic mass is 32.2. The van der Waals surface area contributed by atoms with Crippen molar-refractivity contribution in [2.24, 2.45) is 14.1 Å². The molecule has 1 heterocycles. The van der Waals surface area contributed by atoms with E-state index in [4.69, 9.17) is 12.2 Å². The van der Waals surface area contributed by atoms with Crippen LogP contribution in [0.1, 0.15) is 35.8 Å². The summed E-state index contributed by atoms with van der Waals surface area (Å²) < 4.78 is 3.38. The number of allylic oxidation sites excluding steroid dienone is 1. The van der Waals surface area contributed by atoms with Gasteiger partial charge in [-0.3, -0.25) is 13.9 Å². The van der Waals surface area contributed by atoms with Gasteiger partial charge in [0.15, 0.2) is 5.78 Å². The van der Waals surface area contributed by atoms with Gasteiger partial charge in [-0.1, -0.05) is 43.8 Å². The zero-order chi connectivity index (χ0) is 20.8. The first-order chi connectivity index (χ1) is 13.3. The van der Waals surface area contributed by atoms with Crippen LogP contribution in [-0.2, 0) is 14.1 Å². The first-order valence-corrected chi connectivity index (χ1v) is 10.3. The molecule has 2 aromatic rings. The number of benzene rings is 1. The minimum absolute atomic E-state index is 0.0693. The summed E-state index contributed by atoms with van der Waals surface area (Å²) in [5.74, 6) is 0.210. The van der Waals surface area contributed by atoms with Crippen LogP contribution < -0.4 is 11.0 Å². The van der Waals surface area contributed by atoms with E-state index in [0.717, 1.165) is 23.6 Å². The van der Waals surface area contributed by atoms with E-state index in [2.05, 4.69) is 12.2 Å². The van der Waals surface area contributed by atoms with E-state index in [1.54, 1.807) is 26.2 Å². The van der Waals surface area contributed by atoms with E-state index in [-0.39, 0.29) is 23.0 Å². The molecule has 0 saturated heterocycles. The topological polar surface area (TPSA) is 76.3 Å². The molecule has 0 radical (unpaired) electrons. The zero-order valence-corrected chi connectivity index (χ0v) is 18.1. The van der Waals surface area contributed by atoms with Gasteiger partial charge in [-0.15, -0.1) is 11.8 Å². The number of rotatable bonds is 8. The molecule has 2 N–H and O–H groups in total. The van der Waals surface area contributed by atoms with Crippen molar-refractivity contribution in [2.75, 3.05) is 11.1 Å². The van der Waals surface area contributed by atoms with Gasteiger partial charge in [-0.25, -0.2) is 4.79 Å². The maximum absolute atomic E-state index is 12.5. The predicted octanol–water partition coefficient (Wildman–Crippen LogP) is 4.14. The molecule has 1 aromatic carbocycles. The van der Waals surface area contributed by atoms with Crippen molar-refractivity contribution in [3.63, 3.8) is 0 Å². The quantitative estimate of drug-likeness (QED) is 0.495. The first-order valence-electron chi connectivity index (χ1n) is 8.95. The van der Waals surface area contributed by atoms with Crippen molar-refractivity contribution < 1.29 is 9.90 Å². The van der Waals surface area contributed by atoms with Gasteiger partial charge in [0.2, 0.25) is 0 Å². The van der Waals surface area contributed by atoms with Crippen LogP contribution in [0.3, 0.4) is 0 Å². The number of carbonyl (C=O) groups is 1. The molecule has 1 aromatic heterocycles. The van der Waals surface area contributed by atoms with Gasteiger partial charge < -0.3 is 10.4 Å². The Morgan fingerprint density at radius 2 is 2.04 bits per heavy atom. The summed E-state index contributed by atoms with van der Waals surface area (Å²) in [6.45, 7) is 3.91. The fourth-order valence-electron chi connectivity index (χ4n) is 2.54. The van der Waals surface area contributed by atoms with E-state index in [0.29, 0.717) is 15.9 Å². The summed E-state index contributed by atoms with van der Waals surface area (Å²) in [6.07, 6.45) is 3.84. The summed E-state index contributed by atoms with van der Waals surface area (Å²) in [6, 6.07) is 6.33. The molecule has 0 bridgehead atoms. The van der Waals surface area contributed by atoms with E-state index in [1.807, 2.05) is 13.0 Å². The average Bonchev–Trinajstić information content (AvgIpc) is 2.69. The maximum atomic E-state index is 12.5. The Kier molecular flexibility index (Phi) is 7.65. The number of ketones is 1. The number of aromatic nitrogens is 2. The summed E-state index contributed by atoms with van der Waals surface area (Å²) in [7, 11) is 3.34. The van der Waals surface area contributed by atoms with Gasteiger partial charge in [0.25, 0.3) is 0 Å². The average molecular weight is 420 g/mol. The normalized spacial score (nSPS) is 11.5. The lowest BCUT2D eigenvalue weighted by molar-refractivity contribution is 0.102. The van der Waals surface area contributed by atoms with Crippen LogP contribution in [0.2, 0.25) is 0 Å². The number of carbonyl (C=O) groups excluding carboxylic acids is 1. The highest BCUT2D eigenvalue weighted by Crippen LogP contribution is 2.24. The molecule has 0 fully saturated rings. The third kappa shape index (κ3) is 5.14. The first kappa shape index (κ1) is 22.0. The van der Waals surface area contributed by atoms with Crippen molar-refractivity contribution in [1.29, 1.82) is 0 Å². The number of hydrogen-bond acceptors (Lipinski definition) is 6. The molecule has 6 nitrogen and oxygen atoms in total. The third-order valence-corrected chi connectivity index (χ3v) is 5.82. The Bertz CT molecular complexity index is 1020. The van der Waals surface area contributed by atoms with Crippen LogP contribution in [0.15, 0.2) is 40.2 Å². The highest BCUT2D eigenvalue weighted by molar-refractivity contribution is 8.03. The second-order valence-electron chi connectivity index (χ2n) is 6.41. The molecular weight excluding hydrogens is 394 g/mol. The Hall–Kier alpha value is -2.32.